The molecule has 0 unspecified atom stereocenters. The number of amides is 1. The third-order valence-corrected chi connectivity index (χ3v) is 4.93. The van der Waals surface area contributed by atoms with Gasteiger partial charge in [-0.1, -0.05) is 24.3 Å². The summed E-state index contributed by atoms with van der Waals surface area (Å²) in [5.41, 5.74) is -1.95. The van der Waals surface area contributed by atoms with Gasteiger partial charge in [0, 0.05) is 6.54 Å². The van der Waals surface area contributed by atoms with E-state index in [1.165, 1.54) is 18.2 Å². The van der Waals surface area contributed by atoms with Gasteiger partial charge in [0.25, 0.3) is 0 Å². The number of anilines is 1. The Morgan fingerprint density at radius 3 is 2.31 bits per heavy atom. The lowest BCUT2D eigenvalue weighted by Crippen LogP contribution is -2.41. The SMILES string of the molecule is CCN(C(=O)n1nnn(-c2c(F)cccc2F)c1=O)c1ccc(C(=O)O)cc1Oc1ccccc1. The third kappa shape index (κ3) is 4.49. The number of hydrogen-bond acceptors (Lipinski definition) is 6. The van der Waals surface area contributed by atoms with Crippen molar-refractivity contribution in [3.63, 3.8) is 0 Å². The van der Waals surface area contributed by atoms with E-state index in [1.807, 2.05) is 0 Å². The zero-order valence-electron chi connectivity index (χ0n) is 18.1. The largest absolute Gasteiger partial charge is 0.478 e. The minimum absolute atomic E-state index is 0.00373. The second-order valence-corrected chi connectivity index (χ2v) is 7.08. The van der Waals surface area contributed by atoms with Crippen molar-refractivity contribution in [2.75, 3.05) is 11.4 Å². The van der Waals surface area contributed by atoms with Crippen molar-refractivity contribution in [3.05, 3.63) is 94.4 Å². The number of carboxylic acids is 1. The lowest BCUT2D eigenvalue weighted by Gasteiger charge is -2.23. The molecule has 178 valence electrons. The van der Waals surface area contributed by atoms with E-state index in [4.69, 9.17) is 4.74 Å². The molecule has 1 aromatic heterocycles. The van der Waals surface area contributed by atoms with Crippen molar-refractivity contribution < 1.29 is 28.2 Å². The predicted molar refractivity (Wildman–Crippen MR) is 119 cm³/mol. The summed E-state index contributed by atoms with van der Waals surface area (Å²) >= 11 is 0. The van der Waals surface area contributed by atoms with Gasteiger partial charge in [0.15, 0.2) is 17.4 Å². The summed E-state index contributed by atoms with van der Waals surface area (Å²) in [5.74, 6) is -2.96. The van der Waals surface area contributed by atoms with Gasteiger partial charge in [0.2, 0.25) is 0 Å². The van der Waals surface area contributed by atoms with E-state index in [1.54, 1.807) is 37.3 Å². The summed E-state index contributed by atoms with van der Waals surface area (Å²) < 4.78 is 34.8. The van der Waals surface area contributed by atoms with Gasteiger partial charge >= 0.3 is 17.7 Å². The Bertz CT molecular complexity index is 1450. The van der Waals surface area contributed by atoms with Crippen molar-refractivity contribution in [1.29, 1.82) is 0 Å². The molecule has 35 heavy (non-hydrogen) atoms. The number of rotatable bonds is 6. The fourth-order valence-electron chi connectivity index (χ4n) is 3.29. The van der Waals surface area contributed by atoms with Crippen LogP contribution in [0.25, 0.3) is 5.69 Å². The monoisotopic (exact) mass is 481 g/mol. The molecule has 0 saturated heterocycles. The standard InChI is InChI=1S/C23H17F2N5O5/c1-2-28(18-12-11-14(21(31)32)13-19(18)35-15-7-4-3-5-8-15)22(33)30-23(34)29(26-27-30)20-16(24)9-6-10-17(20)25/h3-13H,2H2,1H3,(H,31,32). The molecule has 12 heteroatoms. The maximum absolute atomic E-state index is 14.1. The fraction of sp³-hybridized carbons (Fsp3) is 0.0870. The number of nitrogens with zero attached hydrogens (tertiary/aromatic N) is 5. The maximum Gasteiger partial charge on any atom is 0.377 e. The number of tetrazole rings is 1. The average Bonchev–Trinajstić information content (AvgIpc) is 3.21. The first kappa shape index (κ1) is 23.3. The van der Waals surface area contributed by atoms with E-state index in [0.717, 1.165) is 23.1 Å². The Kier molecular flexibility index (Phi) is 6.36. The molecule has 0 atom stereocenters. The molecule has 0 saturated carbocycles. The van der Waals surface area contributed by atoms with Crippen molar-refractivity contribution in [1.82, 2.24) is 19.8 Å². The van der Waals surface area contributed by atoms with Crippen LogP contribution in [-0.4, -0.2) is 43.4 Å². The summed E-state index contributed by atoms with van der Waals surface area (Å²) in [6, 6.07) is 14.3. The number of carbonyl (C=O) groups excluding carboxylic acids is 1. The number of aromatic carboxylic acids is 1. The van der Waals surface area contributed by atoms with Gasteiger partial charge in [-0.05, 0) is 59.8 Å². The maximum atomic E-state index is 14.1. The number of ether oxygens (including phenoxy) is 1. The molecular weight excluding hydrogens is 464 g/mol. The predicted octanol–water partition coefficient (Wildman–Crippen LogP) is 3.69. The molecule has 4 rings (SSSR count). The van der Waals surface area contributed by atoms with E-state index < -0.39 is 35.0 Å². The summed E-state index contributed by atoms with van der Waals surface area (Å²) in [6.45, 7) is 1.60. The summed E-state index contributed by atoms with van der Waals surface area (Å²) in [7, 11) is 0. The van der Waals surface area contributed by atoms with Crippen LogP contribution in [0.1, 0.15) is 17.3 Å². The van der Waals surface area contributed by atoms with Gasteiger partial charge in [-0.15, -0.1) is 4.68 Å². The van der Waals surface area contributed by atoms with Gasteiger partial charge in [0.1, 0.15) is 11.4 Å². The van der Waals surface area contributed by atoms with Gasteiger partial charge < -0.3 is 9.84 Å². The van der Waals surface area contributed by atoms with Crippen molar-refractivity contribution in [2.45, 2.75) is 6.92 Å². The first-order valence-corrected chi connectivity index (χ1v) is 10.2. The second kappa shape index (κ2) is 9.55. The Morgan fingerprint density at radius 2 is 1.69 bits per heavy atom. The molecule has 0 aliphatic rings. The topological polar surface area (TPSA) is 120 Å². The molecule has 1 heterocycles. The highest BCUT2D eigenvalue weighted by Crippen LogP contribution is 2.34. The Balaban J connectivity index is 1.77. The average molecular weight is 481 g/mol. The Hall–Kier alpha value is -4.87. The zero-order valence-corrected chi connectivity index (χ0v) is 18.1. The third-order valence-electron chi connectivity index (χ3n) is 4.93. The highest BCUT2D eigenvalue weighted by molar-refractivity contribution is 5.96. The molecule has 1 amide bonds. The second-order valence-electron chi connectivity index (χ2n) is 7.08. The summed E-state index contributed by atoms with van der Waals surface area (Å²) in [5, 5.41) is 16.3. The van der Waals surface area contributed by atoms with Crippen LogP contribution in [0, 0.1) is 11.6 Å². The van der Waals surface area contributed by atoms with Crippen LogP contribution in [0.3, 0.4) is 0 Å². The van der Waals surface area contributed by atoms with Gasteiger partial charge in [-0.2, -0.15) is 4.68 Å². The number of carboxylic acid groups (broad SMARTS) is 1. The highest BCUT2D eigenvalue weighted by atomic mass is 19.1. The molecule has 10 nitrogen and oxygen atoms in total. The molecule has 0 bridgehead atoms. The highest BCUT2D eigenvalue weighted by Gasteiger charge is 2.26. The number of aromatic nitrogens is 4. The molecule has 0 spiro atoms. The first-order chi connectivity index (χ1) is 16.8. The van der Waals surface area contributed by atoms with Gasteiger partial charge in [0.05, 0.1) is 11.3 Å². The smallest absolute Gasteiger partial charge is 0.377 e. The fourth-order valence-corrected chi connectivity index (χ4v) is 3.29. The number of halogens is 2. The molecular formula is C23H17F2N5O5. The number of carbonyl (C=O) groups is 2. The molecule has 4 aromatic rings. The number of benzene rings is 3. The van der Waals surface area contributed by atoms with Crippen LogP contribution in [0.15, 0.2) is 71.5 Å². The molecule has 0 fully saturated rings. The molecule has 0 aliphatic carbocycles. The van der Waals surface area contributed by atoms with E-state index in [2.05, 4.69) is 10.4 Å². The normalized spacial score (nSPS) is 10.7. The quantitative estimate of drug-likeness (QED) is 0.417. The molecule has 3 aromatic carbocycles. The van der Waals surface area contributed by atoms with Crippen LogP contribution in [0.2, 0.25) is 0 Å². The van der Waals surface area contributed by atoms with Crippen molar-refractivity contribution in [3.8, 4) is 17.2 Å². The van der Waals surface area contributed by atoms with Crippen molar-refractivity contribution in [2.24, 2.45) is 0 Å². The Labute approximate surface area is 196 Å². The van der Waals surface area contributed by atoms with E-state index in [0.29, 0.717) is 15.1 Å². The van der Waals surface area contributed by atoms with Crippen molar-refractivity contribution >= 4 is 17.7 Å². The van der Waals surface area contributed by atoms with E-state index >= 15 is 0 Å². The van der Waals surface area contributed by atoms with Crippen LogP contribution < -0.4 is 15.3 Å². The van der Waals surface area contributed by atoms with Crippen LogP contribution in [0.4, 0.5) is 19.3 Å². The first-order valence-electron chi connectivity index (χ1n) is 10.2. The zero-order chi connectivity index (χ0) is 25.1. The Morgan fingerprint density at radius 1 is 1.00 bits per heavy atom. The number of para-hydroxylation sites is 2. The van der Waals surface area contributed by atoms with Gasteiger partial charge in [-0.3, -0.25) is 4.90 Å². The number of hydrogen-bond donors (Lipinski definition) is 1. The lowest BCUT2D eigenvalue weighted by atomic mass is 10.1. The minimum atomic E-state index is -1.21. The van der Waals surface area contributed by atoms with Crippen LogP contribution in [0.5, 0.6) is 11.5 Å². The molecule has 0 aliphatic heterocycles. The summed E-state index contributed by atoms with van der Waals surface area (Å²) in [6.07, 6.45) is 0. The van der Waals surface area contributed by atoms with Crippen LogP contribution >= 0.6 is 0 Å². The van der Waals surface area contributed by atoms with Gasteiger partial charge in [-0.25, -0.2) is 23.2 Å². The van der Waals surface area contributed by atoms with Crippen LogP contribution in [-0.2, 0) is 0 Å². The summed E-state index contributed by atoms with van der Waals surface area (Å²) in [4.78, 5) is 38.6. The molecule has 1 N–H and O–H groups in total. The lowest BCUT2D eigenvalue weighted by molar-refractivity contribution is 0.0696. The minimum Gasteiger partial charge on any atom is -0.478 e. The van der Waals surface area contributed by atoms with E-state index in [9.17, 15) is 28.3 Å². The molecule has 0 radical (unpaired) electrons. The van der Waals surface area contributed by atoms with E-state index in [-0.39, 0.29) is 23.5 Å².